The van der Waals surface area contributed by atoms with Gasteiger partial charge in [-0.25, -0.2) is 0 Å². The number of hydrogen-bond donors (Lipinski definition) is 0. The smallest absolute Gasteiger partial charge is 0.0233 e. The summed E-state index contributed by atoms with van der Waals surface area (Å²) in [6.07, 6.45) is 3.98. The molecular weight excluding hydrogens is 308 g/mol. The number of piperazine rings is 1. The van der Waals surface area contributed by atoms with Crippen molar-refractivity contribution in [2.75, 3.05) is 66.5 Å². The van der Waals surface area contributed by atoms with Gasteiger partial charge in [0, 0.05) is 38.8 Å². The van der Waals surface area contributed by atoms with Crippen molar-refractivity contribution in [2.24, 2.45) is 0 Å². The van der Waals surface area contributed by atoms with Crippen LogP contribution in [0.3, 0.4) is 0 Å². The van der Waals surface area contributed by atoms with E-state index >= 15 is 0 Å². The van der Waals surface area contributed by atoms with Crippen LogP contribution in [0.5, 0.6) is 0 Å². The third-order valence-electron chi connectivity index (χ3n) is 5.81. The minimum Gasteiger partial charge on any atom is -0.309 e. The van der Waals surface area contributed by atoms with Crippen LogP contribution in [0.15, 0.2) is 30.3 Å². The average Bonchev–Trinajstić information content (AvgIpc) is 2.64. The first-order valence-electron chi connectivity index (χ1n) is 10.1. The van der Waals surface area contributed by atoms with Crippen molar-refractivity contribution in [3.8, 4) is 0 Å². The molecule has 4 heteroatoms. The molecule has 2 heterocycles. The molecule has 1 aromatic rings. The van der Waals surface area contributed by atoms with Crippen molar-refractivity contribution < 1.29 is 0 Å². The maximum atomic E-state index is 2.77. The molecule has 4 nitrogen and oxygen atoms in total. The number of nitrogens with zero attached hydrogens (tertiary/aromatic N) is 4. The van der Waals surface area contributed by atoms with Crippen molar-refractivity contribution in [1.82, 2.24) is 19.6 Å². The van der Waals surface area contributed by atoms with Gasteiger partial charge in [0.15, 0.2) is 0 Å². The molecule has 0 radical (unpaired) electrons. The first-order valence-corrected chi connectivity index (χ1v) is 10.1. The molecule has 0 unspecified atom stereocenters. The molecule has 25 heavy (non-hydrogen) atoms. The van der Waals surface area contributed by atoms with E-state index < -0.39 is 0 Å². The Kier molecular flexibility index (Phi) is 7.29. The molecule has 2 aliphatic rings. The topological polar surface area (TPSA) is 13.0 Å². The molecule has 0 amide bonds. The molecule has 1 aromatic carbocycles. The van der Waals surface area contributed by atoms with Crippen LogP contribution in [0.4, 0.5) is 0 Å². The standard InChI is InChI=1S/C21H36N4/c1-22(2)11-6-12-23-15-17-25(18-16-23)21-9-13-24(14-10-21)19-20-7-4-3-5-8-20/h3-5,7-8,21H,6,9-19H2,1-2H3. The van der Waals surface area contributed by atoms with E-state index in [1.807, 2.05) is 0 Å². The number of likely N-dealkylation sites (tertiary alicyclic amines) is 1. The third kappa shape index (κ3) is 6.07. The van der Waals surface area contributed by atoms with E-state index in [2.05, 4.69) is 64.0 Å². The van der Waals surface area contributed by atoms with E-state index in [0.29, 0.717) is 0 Å². The number of hydrogen-bond acceptors (Lipinski definition) is 4. The number of piperidine rings is 1. The van der Waals surface area contributed by atoms with E-state index in [1.54, 1.807) is 0 Å². The summed E-state index contributed by atoms with van der Waals surface area (Å²) in [6.45, 7) is 11.2. The van der Waals surface area contributed by atoms with Crippen molar-refractivity contribution in [1.29, 1.82) is 0 Å². The Morgan fingerprint density at radius 3 is 2.20 bits per heavy atom. The summed E-state index contributed by atoms with van der Waals surface area (Å²) in [5.41, 5.74) is 1.45. The molecule has 0 spiro atoms. The summed E-state index contributed by atoms with van der Waals surface area (Å²) in [7, 11) is 4.34. The Balaban J connectivity index is 1.34. The minimum atomic E-state index is 0.816. The van der Waals surface area contributed by atoms with Crippen LogP contribution < -0.4 is 0 Å². The lowest BCUT2D eigenvalue weighted by atomic mass is 10.0. The van der Waals surface area contributed by atoms with Gasteiger partial charge >= 0.3 is 0 Å². The van der Waals surface area contributed by atoms with E-state index in [0.717, 1.165) is 12.6 Å². The van der Waals surface area contributed by atoms with E-state index in [-0.39, 0.29) is 0 Å². The van der Waals surface area contributed by atoms with Crippen molar-refractivity contribution in [3.05, 3.63) is 35.9 Å². The summed E-state index contributed by atoms with van der Waals surface area (Å²) in [5.74, 6) is 0. The SMILES string of the molecule is CN(C)CCCN1CCN(C2CCN(Cc3ccccc3)CC2)CC1. The Bertz CT molecular complexity index is 474. The predicted octanol–water partition coefficient (Wildman–Crippen LogP) is 2.22. The zero-order valence-corrected chi connectivity index (χ0v) is 16.2. The highest BCUT2D eigenvalue weighted by atomic mass is 15.3. The Hall–Kier alpha value is -0.940. The lowest BCUT2D eigenvalue weighted by Gasteiger charge is -2.43. The van der Waals surface area contributed by atoms with Crippen LogP contribution >= 0.6 is 0 Å². The van der Waals surface area contributed by atoms with Crippen LogP contribution in [-0.2, 0) is 6.54 Å². The van der Waals surface area contributed by atoms with E-state index in [1.165, 1.54) is 77.2 Å². The summed E-state index contributed by atoms with van der Waals surface area (Å²) in [6, 6.07) is 11.7. The monoisotopic (exact) mass is 344 g/mol. The van der Waals surface area contributed by atoms with Crippen LogP contribution in [0.2, 0.25) is 0 Å². The van der Waals surface area contributed by atoms with E-state index in [9.17, 15) is 0 Å². The van der Waals surface area contributed by atoms with Gasteiger partial charge in [-0.3, -0.25) is 9.80 Å². The van der Waals surface area contributed by atoms with Crippen molar-refractivity contribution in [2.45, 2.75) is 31.8 Å². The van der Waals surface area contributed by atoms with Gasteiger partial charge in [0.25, 0.3) is 0 Å². The van der Waals surface area contributed by atoms with Crippen molar-refractivity contribution in [3.63, 3.8) is 0 Å². The fraction of sp³-hybridized carbons (Fsp3) is 0.714. The number of benzene rings is 1. The molecule has 3 rings (SSSR count). The Labute approximate surface area is 154 Å². The second kappa shape index (κ2) is 9.67. The second-order valence-electron chi connectivity index (χ2n) is 8.03. The molecule has 2 saturated heterocycles. The van der Waals surface area contributed by atoms with Crippen LogP contribution in [0.25, 0.3) is 0 Å². The Morgan fingerprint density at radius 1 is 0.880 bits per heavy atom. The van der Waals surface area contributed by atoms with Gasteiger partial charge < -0.3 is 9.80 Å². The molecule has 2 fully saturated rings. The highest BCUT2D eigenvalue weighted by Gasteiger charge is 2.27. The first-order chi connectivity index (χ1) is 12.2. The summed E-state index contributed by atoms with van der Waals surface area (Å²) < 4.78 is 0. The van der Waals surface area contributed by atoms with Crippen molar-refractivity contribution >= 4 is 0 Å². The molecule has 0 atom stereocenters. The van der Waals surface area contributed by atoms with Gasteiger partial charge in [-0.2, -0.15) is 0 Å². The quantitative estimate of drug-likeness (QED) is 0.752. The average molecular weight is 345 g/mol. The van der Waals surface area contributed by atoms with Crippen LogP contribution in [0.1, 0.15) is 24.8 Å². The minimum absolute atomic E-state index is 0.816. The van der Waals surface area contributed by atoms with Gasteiger partial charge in [-0.1, -0.05) is 30.3 Å². The van der Waals surface area contributed by atoms with Gasteiger partial charge in [-0.05, 0) is 65.1 Å². The maximum absolute atomic E-state index is 2.77. The molecule has 0 aromatic heterocycles. The van der Waals surface area contributed by atoms with Crippen LogP contribution in [0, 0.1) is 0 Å². The molecule has 0 N–H and O–H groups in total. The van der Waals surface area contributed by atoms with Gasteiger partial charge in [0.2, 0.25) is 0 Å². The predicted molar refractivity (Wildman–Crippen MR) is 106 cm³/mol. The third-order valence-corrected chi connectivity index (χ3v) is 5.81. The maximum Gasteiger partial charge on any atom is 0.0233 e. The molecule has 0 saturated carbocycles. The summed E-state index contributed by atoms with van der Waals surface area (Å²) in [4.78, 5) is 10.3. The van der Waals surface area contributed by atoms with Gasteiger partial charge in [0.1, 0.15) is 0 Å². The van der Waals surface area contributed by atoms with Gasteiger partial charge in [0.05, 0.1) is 0 Å². The summed E-state index contributed by atoms with van der Waals surface area (Å²) in [5, 5.41) is 0. The largest absolute Gasteiger partial charge is 0.309 e. The second-order valence-corrected chi connectivity index (χ2v) is 8.03. The molecule has 0 bridgehead atoms. The highest BCUT2D eigenvalue weighted by molar-refractivity contribution is 5.14. The van der Waals surface area contributed by atoms with Gasteiger partial charge in [-0.15, -0.1) is 0 Å². The first kappa shape index (κ1) is 18.8. The van der Waals surface area contributed by atoms with Crippen LogP contribution in [-0.4, -0.2) is 92.1 Å². The van der Waals surface area contributed by atoms with E-state index in [4.69, 9.17) is 0 Å². The zero-order valence-electron chi connectivity index (χ0n) is 16.2. The lowest BCUT2D eigenvalue weighted by molar-refractivity contribution is 0.0566. The Morgan fingerprint density at radius 2 is 1.56 bits per heavy atom. The normalized spacial score (nSPS) is 21.9. The zero-order chi connectivity index (χ0) is 17.5. The fourth-order valence-corrected chi connectivity index (χ4v) is 4.25. The highest BCUT2D eigenvalue weighted by Crippen LogP contribution is 2.20. The summed E-state index contributed by atoms with van der Waals surface area (Å²) >= 11 is 0. The molecular formula is C21H36N4. The lowest BCUT2D eigenvalue weighted by Crippen LogP contribution is -2.53. The molecule has 140 valence electrons. The fourth-order valence-electron chi connectivity index (χ4n) is 4.25. The number of rotatable bonds is 7. The molecule has 0 aliphatic carbocycles. The molecule has 2 aliphatic heterocycles.